The number of anilines is 4. The van der Waals surface area contributed by atoms with Crippen molar-refractivity contribution in [2.24, 2.45) is 0 Å². The van der Waals surface area contributed by atoms with Gasteiger partial charge in [-0.3, -0.25) is 20.5 Å². The van der Waals surface area contributed by atoms with E-state index in [0.717, 1.165) is 24.2 Å². The van der Waals surface area contributed by atoms with E-state index >= 15 is 0 Å². The van der Waals surface area contributed by atoms with E-state index in [-0.39, 0.29) is 17.3 Å². The van der Waals surface area contributed by atoms with Crippen LogP contribution in [0.1, 0.15) is 96.8 Å². The van der Waals surface area contributed by atoms with E-state index in [1.165, 1.54) is 83.4 Å². The van der Waals surface area contributed by atoms with E-state index in [1.54, 1.807) is 5.01 Å². The summed E-state index contributed by atoms with van der Waals surface area (Å²) >= 11 is 0. The Bertz CT molecular complexity index is 1060. The summed E-state index contributed by atoms with van der Waals surface area (Å²) in [6.45, 7) is 2.90. The number of rotatable bonds is 21. The third-order valence-electron chi connectivity index (χ3n) is 7.07. The number of nitro groups is 1. The van der Waals surface area contributed by atoms with Gasteiger partial charge in [0.1, 0.15) is 6.33 Å². The van der Waals surface area contributed by atoms with Gasteiger partial charge in [-0.15, -0.1) is 0 Å². The lowest BCUT2D eigenvalue weighted by Crippen LogP contribution is -2.26. The van der Waals surface area contributed by atoms with Crippen molar-refractivity contribution in [2.75, 3.05) is 22.3 Å². The maximum Gasteiger partial charge on any atom is 0.354 e. The summed E-state index contributed by atoms with van der Waals surface area (Å²) in [5.41, 5.74) is 4.66. The van der Waals surface area contributed by atoms with Crippen LogP contribution in [0.5, 0.6) is 0 Å². The van der Waals surface area contributed by atoms with Crippen LogP contribution in [0.25, 0.3) is 0 Å². The maximum atomic E-state index is 12.1. The summed E-state index contributed by atoms with van der Waals surface area (Å²) in [4.78, 5) is 20.1. The number of unbranched alkanes of at least 4 members (excludes halogenated alkanes) is 13. The Morgan fingerprint density at radius 3 is 1.60 bits per heavy atom. The van der Waals surface area contributed by atoms with Gasteiger partial charge in [0, 0.05) is 6.54 Å². The highest BCUT2D eigenvalue weighted by Gasteiger charge is 2.25. The Morgan fingerprint density at radius 1 is 0.675 bits per heavy atom. The van der Waals surface area contributed by atoms with Gasteiger partial charge in [-0.2, -0.15) is 0 Å². The van der Waals surface area contributed by atoms with Crippen LogP contribution < -0.4 is 15.8 Å². The number of nitrogens with zero attached hydrogens (tertiary/aromatic N) is 4. The molecule has 2 N–H and O–H groups in total. The molecular formula is C32H46N6O2. The largest absolute Gasteiger partial charge is 0.364 e. The molecule has 0 saturated carbocycles. The SMILES string of the molecule is CCCCCCCCCCCCCCCCNc1ncnc(NN(c2ccccc2)c2ccccc2)c1[N+](=O)[O-]. The molecule has 0 aliphatic carbocycles. The summed E-state index contributed by atoms with van der Waals surface area (Å²) in [5, 5.41) is 17.0. The van der Waals surface area contributed by atoms with Crippen molar-refractivity contribution < 1.29 is 4.92 Å². The Hall–Kier alpha value is -3.68. The monoisotopic (exact) mass is 546 g/mol. The van der Waals surface area contributed by atoms with Crippen LogP contribution in [0.15, 0.2) is 67.0 Å². The first-order chi connectivity index (χ1) is 19.7. The molecule has 0 bridgehead atoms. The van der Waals surface area contributed by atoms with Gasteiger partial charge < -0.3 is 5.32 Å². The van der Waals surface area contributed by atoms with Crippen LogP contribution in [0.3, 0.4) is 0 Å². The minimum atomic E-state index is -0.427. The van der Waals surface area contributed by atoms with Crippen molar-refractivity contribution in [3.05, 3.63) is 77.1 Å². The summed E-state index contributed by atoms with van der Waals surface area (Å²) in [6, 6.07) is 19.3. The average molecular weight is 547 g/mol. The molecule has 40 heavy (non-hydrogen) atoms. The highest BCUT2D eigenvalue weighted by molar-refractivity contribution is 5.74. The van der Waals surface area contributed by atoms with E-state index in [9.17, 15) is 10.1 Å². The fourth-order valence-corrected chi connectivity index (χ4v) is 4.83. The predicted molar refractivity (Wildman–Crippen MR) is 166 cm³/mol. The van der Waals surface area contributed by atoms with E-state index in [1.807, 2.05) is 60.7 Å². The van der Waals surface area contributed by atoms with Gasteiger partial charge in [-0.1, -0.05) is 127 Å². The Balaban J connectivity index is 1.43. The molecule has 2 aromatic carbocycles. The van der Waals surface area contributed by atoms with E-state index in [0.29, 0.717) is 6.54 Å². The zero-order chi connectivity index (χ0) is 28.3. The molecule has 0 aliphatic heterocycles. The molecule has 0 spiro atoms. The standard InChI is InChI=1S/C32H46N6O2/c1-2-3-4-5-6-7-8-9-10-11-12-13-14-21-26-33-31-30(38(39)40)32(35-27-34-31)36-37(28-22-17-15-18-23-28)29-24-19-16-20-25-29/h15-20,22-25,27H,2-14,21,26H2,1H3,(H2,33,34,35,36). The van der Waals surface area contributed by atoms with E-state index in [4.69, 9.17) is 0 Å². The van der Waals surface area contributed by atoms with Gasteiger partial charge in [-0.25, -0.2) is 9.97 Å². The third-order valence-corrected chi connectivity index (χ3v) is 7.07. The van der Waals surface area contributed by atoms with E-state index in [2.05, 4.69) is 27.6 Å². The molecule has 0 radical (unpaired) electrons. The third kappa shape index (κ3) is 10.8. The molecule has 1 aromatic heterocycles. The number of benzene rings is 2. The first-order valence-corrected chi connectivity index (χ1v) is 15.1. The van der Waals surface area contributed by atoms with Crippen molar-refractivity contribution in [3.63, 3.8) is 0 Å². The normalized spacial score (nSPS) is 10.8. The second-order valence-corrected chi connectivity index (χ2v) is 10.3. The number of para-hydroxylation sites is 2. The summed E-state index contributed by atoms with van der Waals surface area (Å²) < 4.78 is 0. The lowest BCUT2D eigenvalue weighted by molar-refractivity contribution is -0.383. The van der Waals surface area contributed by atoms with Gasteiger partial charge in [-0.05, 0) is 30.7 Å². The molecule has 0 saturated heterocycles. The molecule has 0 atom stereocenters. The van der Waals surface area contributed by atoms with Crippen molar-refractivity contribution in [2.45, 2.75) is 96.8 Å². The van der Waals surface area contributed by atoms with Crippen LogP contribution in [0.4, 0.5) is 28.7 Å². The van der Waals surface area contributed by atoms with Crippen molar-refractivity contribution in [1.82, 2.24) is 9.97 Å². The van der Waals surface area contributed by atoms with Gasteiger partial charge in [0.05, 0.1) is 16.3 Å². The summed E-state index contributed by atoms with van der Waals surface area (Å²) in [5.74, 6) is 0.370. The van der Waals surface area contributed by atoms with Crippen LogP contribution in [0.2, 0.25) is 0 Å². The molecule has 3 rings (SSSR count). The molecule has 0 aliphatic rings. The number of nitrogens with one attached hydrogen (secondary N) is 2. The molecule has 0 unspecified atom stereocenters. The van der Waals surface area contributed by atoms with Gasteiger partial charge in [0.2, 0.25) is 11.6 Å². The first kappa shape index (κ1) is 30.9. The average Bonchev–Trinajstić information content (AvgIpc) is 2.98. The first-order valence-electron chi connectivity index (χ1n) is 15.1. The predicted octanol–water partition coefficient (Wildman–Crippen LogP) is 9.44. The summed E-state index contributed by atoms with van der Waals surface area (Å²) in [7, 11) is 0. The van der Waals surface area contributed by atoms with Crippen LogP contribution >= 0.6 is 0 Å². The van der Waals surface area contributed by atoms with Crippen LogP contribution in [-0.4, -0.2) is 21.4 Å². The minimum absolute atomic E-state index is 0.135. The second kappa shape index (κ2) is 18.6. The fraction of sp³-hybridized carbons (Fsp3) is 0.500. The Kier molecular flexibility index (Phi) is 14.3. The zero-order valence-corrected chi connectivity index (χ0v) is 24.1. The summed E-state index contributed by atoms with van der Waals surface area (Å²) in [6.07, 6.45) is 19.5. The van der Waals surface area contributed by atoms with Gasteiger partial charge in [0.15, 0.2) is 0 Å². The smallest absolute Gasteiger partial charge is 0.354 e. The highest BCUT2D eigenvalue weighted by atomic mass is 16.6. The Labute approximate surface area is 239 Å². The molecule has 8 nitrogen and oxygen atoms in total. The molecule has 3 aromatic rings. The van der Waals surface area contributed by atoms with Crippen molar-refractivity contribution in [3.8, 4) is 0 Å². The number of hydrogen-bond acceptors (Lipinski definition) is 7. The second-order valence-electron chi connectivity index (χ2n) is 10.3. The van der Waals surface area contributed by atoms with Crippen LogP contribution in [0, 0.1) is 10.1 Å². The Morgan fingerprint density at radius 2 is 1.12 bits per heavy atom. The van der Waals surface area contributed by atoms with Gasteiger partial charge >= 0.3 is 5.69 Å². The lowest BCUT2D eigenvalue weighted by Gasteiger charge is -2.26. The molecular weight excluding hydrogens is 500 g/mol. The maximum absolute atomic E-state index is 12.1. The highest BCUT2D eigenvalue weighted by Crippen LogP contribution is 2.32. The zero-order valence-electron chi connectivity index (χ0n) is 24.1. The number of aromatic nitrogens is 2. The molecule has 0 amide bonds. The molecule has 216 valence electrons. The van der Waals surface area contributed by atoms with E-state index < -0.39 is 4.92 Å². The minimum Gasteiger partial charge on any atom is -0.364 e. The molecule has 8 heteroatoms. The van der Waals surface area contributed by atoms with Gasteiger partial charge in [0.25, 0.3) is 0 Å². The molecule has 1 heterocycles. The quantitative estimate of drug-likeness (QED) is 0.0780. The number of hydrogen-bond donors (Lipinski definition) is 2. The van der Waals surface area contributed by atoms with Crippen LogP contribution in [-0.2, 0) is 0 Å². The van der Waals surface area contributed by atoms with Crippen molar-refractivity contribution >= 4 is 28.7 Å². The van der Waals surface area contributed by atoms with Crippen molar-refractivity contribution in [1.29, 1.82) is 0 Å². The number of hydrazine groups is 1. The topological polar surface area (TPSA) is 96.2 Å². The fourth-order valence-electron chi connectivity index (χ4n) is 4.83. The molecule has 0 fully saturated rings. The lowest BCUT2D eigenvalue weighted by atomic mass is 10.0.